The number of ether oxygens (including phenoxy) is 1. The second kappa shape index (κ2) is 76.3. The largest absolute Gasteiger partial charge is 0.466 e. The van der Waals surface area contributed by atoms with Gasteiger partial charge >= 0.3 is 5.97 Å². The molecule has 0 fully saturated rings. The summed E-state index contributed by atoms with van der Waals surface area (Å²) in [5.74, 6) is 0.00209. The van der Waals surface area contributed by atoms with Crippen LogP contribution in [-0.2, 0) is 14.3 Å². The van der Waals surface area contributed by atoms with Gasteiger partial charge in [-0.15, -0.1) is 0 Å². The van der Waals surface area contributed by atoms with E-state index in [1.807, 2.05) is 0 Å². The number of hydrogen-bond donors (Lipinski definition) is 3. The minimum absolute atomic E-state index is 0.0233. The lowest BCUT2D eigenvalue weighted by molar-refractivity contribution is -0.143. The summed E-state index contributed by atoms with van der Waals surface area (Å²) in [5.41, 5.74) is 0. The molecule has 0 aromatic heterocycles. The Labute approximate surface area is 540 Å². The summed E-state index contributed by atoms with van der Waals surface area (Å²) in [7, 11) is 0. The van der Waals surface area contributed by atoms with E-state index in [4.69, 9.17) is 4.74 Å². The van der Waals surface area contributed by atoms with Crippen molar-refractivity contribution >= 4 is 11.9 Å². The highest BCUT2D eigenvalue weighted by Crippen LogP contribution is 2.21. The van der Waals surface area contributed by atoms with Crippen LogP contribution in [0, 0.1) is 0 Å². The van der Waals surface area contributed by atoms with E-state index >= 15 is 0 Å². The Morgan fingerprint density at radius 3 is 0.709 bits per heavy atom. The number of aliphatic hydroxyl groups is 2. The summed E-state index contributed by atoms with van der Waals surface area (Å²) in [5, 5.41) is 23.4. The Morgan fingerprint density at radius 1 is 0.279 bits per heavy atom. The Balaban J connectivity index is 3.29. The van der Waals surface area contributed by atoms with Gasteiger partial charge in [0.25, 0.3) is 0 Å². The molecule has 6 heteroatoms. The minimum atomic E-state index is -0.660. The van der Waals surface area contributed by atoms with Crippen molar-refractivity contribution in [3.05, 3.63) is 0 Å². The van der Waals surface area contributed by atoms with Crippen LogP contribution in [0.4, 0.5) is 0 Å². The van der Waals surface area contributed by atoms with E-state index in [9.17, 15) is 19.8 Å². The number of hydrogen-bond acceptors (Lipinski definition) is 5. The lowest BCUT2D eigenvalue weighted by Gasteiger charge is -2.22. The number of rotatable bonds is 77. The van der Waals surface area contributed by atoms with Gasteiger partial charge < -0.3 is 20.3 Å². The fourth-order valence-corrected chi connectivity index (χ4v) is 13.3. The van der Waals surface area contributed by atoms with Gasteiger partial charge in [0.1, 0.15) is 0 Å². The average molecular weight is 1220 g/mol. The zero-order valence-corrected chi connectivity index (χ0v) is 59.1. The molecule has 3 N–H and O–H groups in total. The van der Waals surface area contributed by atoms with E-state index in [1.165, 1.54) is 405 Å². The Kier molecular flexibility index (Phi) is 75.3. The van der Waals surface area contributed by atoms with Crippen LogP contribution in [0.5, 0.6) is 0 Å². The normalized spacial score (nSPS) is 12.4. The van der Waals surface area contributed by atoms with Crippen LogP contribution < -0.4 is 5.32 Å². The zero-order valence-electron chi connectivity index (χ0n) is 59.1. The van der Waals surface area contributed by atoms with Crippen molar-refractivity contribution < 1.29 is 24.5 Å². The quantitative estimate of drug-likeness (QED) is 0.0417. The van der Waals surface area contributed by atoms with Gasteiger partial charge in [0.15, 0.2) is 0 Å². The average Bonchev–Trinajstić information content (AvgIpc) is 3.60. The predicted octanol–water partition coefficient (Wildman–Crippen LogP) is 26.5. The fraction of sp³-hybridized carbons (Fsp3) is 0.975. The molecule has 514 valence electrons. The molecule has 0 aliphatic rings. The van der Waals surface area contributed by atoms with Gasteiger partial charge in [-0.25, -0.2) is 0 Å². The van der Waals surface area contributed by atoms with Gasteiger partial charge in [0.2, 0.25) is 5.91 Å². The number of aliphatic hydroxyl groups excluding tert-OH is 2. The summed E-state index contributed by atoms with van der Waals surface area (Å²) in [4.78, 5) is 24.6. The van der Waals surface area contributed by atoms with E-state index in [1.54, 1.807) is 0 Å². The van der Waals surface area contributed by atoms with Gasteiger partial charge in [-0.05, 0) is 25.7 Å². The van der Waals surface area contributed by atoms with Gasteiger partial charge in [-0.1, -0.05) is 438 Å². The first-order chi connectivity index (χ1) is 42.5. The first-order valence-corrected chi connectivity index (χ1v) is 40.3. The van der Waals surface area contributed by atoms with Crippen molar-refractivity contribution in [2.24, 2.45) is 0 Å². The molecule has 0 radical (unpaired) electrons. The lowest BCUT2D eigenvalue weighted by Crippen LogP contribution is -2.45. The van der Waals surface area contributed by atoms with Crippen molar-refractivity contribution in [2.75, 3.05) is 13.2 Å². The molecule has 6 nitrogen and oxygen atoms in total. The first-order valence-electron chi connectivity index (χ1n) is 40.3. The SMILES string of the molecule is CCCCCCCCCCCCCCCCCCCCCCC(O)C(CO)NC(=O)CCCCCCCCCCCCCCCCCCCCCCCCCCCCCCCCCCCCCCCOC(=O)CCCCCCCCCCCCCC. The third-order valence-corrected chi connectivity index (χ3v) is 19.4. The molecule has 0 bridgehead atoms. The molecule has 0 aliphatic heterocycles. The lowest BCUT2D eigenvalue weighted by atomic mass is 10.0. The van der Waals surface area contributed by atoms with Gasteiger partial charge in [-0.3, -0.25) is 9.59 Å². The van der Waals surface area contributed by atoms with Crippen LogP contribution in [0.15, 0.2) is 0 Å². The minimum Gasteiger partial charge on any atom is -0.466 e. The summed E-state index contributed by atoms with van der Waals surface area (Å²) in [6.07, 6.45) is 95.0. The molecule has 0 aromatic rings. The second-order valence-electron chi connectivity index (χ2n) is 28.1. The van der Waals surface area contributed by atoms with E-state index in [-0.39, 0.29) is 18.5 Å². The molecule has 0 saturated heterocycles. The predicted molar refractivity (Wildman–Crippen MR) is 380 cm³/mol. The van der Waals surface area contributed by atoms with Crippen LogP contribution in [0.25, 0.3) is 0 Å². The highest BCUT2D eigenvalue weighted by atomic mass is 16.5. The molecular formula is C80H159NO5. The zero-order chi connectivity index (χ0) is 62.0. The van der Waals surface area contributed by atoms with Crippen molar-refractivity contribution in [2.45, 2.75) is 488 Å². The third kappa shape index (κ3) is 71.9. The van der Waals surface area contributed by atoms with Crippen molar-refractivity contribution in [1.29, 1.82) is 0 Å². The monoisotopic (exact) mass is 1210 g/mol. The van der Waals surface area contributed by atoms with E-state index < -0.39 is 12.1 Å². The van der Waals surface area contributed by atoms with Gasteiger partial charge in [-0.2, -0.15) is 0 Å². The van der Waals surface area contributed by atoms with Crippen LogP contribution in [0.1, 0.15) is 476 Å². The Bertz CT molecular complexity index is 1260. The fourth-order valence-electron chi connectivity index (χ4n) is 13.3. The topological polar surface area (TPSA) is 95.9 Å². The molecule has 1 amide bonds. The van der Waals surface area contributed by atoms with Crippen molar-refractivity contribution in [3.8, 4) is 0 Å². The number of nitrogens with one attached hydrogen (secondary N) is 1. The second-order valence-corrected chi connectivity index (χ2v) is 28.1. The molecule has 2 atom stereocenters. The van der Waals surface area contributed by atoms with Crippen LogP contribution in [0.2, 0.25) is 0 Å². The van der Waals surface area contributed by atoms with Crippen LogP contribution >= 0.6 is 0 Å². The van der Waals surface area contributed by atoms with Crippen molar-refractivity contribution in [1.82, 2.24) is 5.32 Å². The summed E-state index contributed by atoms with van der Waals surface area (Å²) in [6.45, 7) is 5.01. The number of carbonyl (C=O) groups is 2. The molecule has 0 aromatic carbocycles. The molecule has 0 aliphatic carbocycles. The highest BCUT2D eigenvalue weighted by Gasteiger charge is 2.20. The Morgan fingerprint density at radius 2 is 0.477 bits per heavy atom. The number of unbranched alkanes of at least 4 members (excludes halogenated alkanes) is 66. The highest BCUT2D eigenvalue weighted by molar-refractivity contribution is 5.76. The molecule has 0 heterocycles. The van der Waals surface area contributed by atoms with Gasteiger partial charge in [0, 0.05) is 12.8 Å². The van der Waals surface area contributed by atoms with Crippen LogP contribution in [0.3, 0.4) is 0 Å². The smallest absolute Gasteiger partial charge is 0.305 e. The number of carbonyl (C=O) groups excluding carboxylic acids is 2. The van der Waals surface area contributed by atoms with E-state index in [0.29, 0.717) is 25.9 Å². The maximum Gasteiger partial charge on any atom is 0.305 e. The summed E-state index contributed by atoms with van der Waals surface area (Å²) in [6, 6.07) is -0.537. The third-order valence-electron chi connectivity index (χ3n) is 19.4. The summed E-state index contributed by atoms with van der Waals surface area (Å²) < 4.78 is 5.49. The molecule has 2 unspecified atom stereocenters. The van der Waals surface area contributed by atoms with E-state index in [2.05, 4.69) is 19.2 Å². The molecule has 0 spiro atoms. The molecule has 0 saturated carbocycles. The first kappa shape index (κ1) is 84.9. The van der Waals surface area contributed by atoms with E-state index in [0.717, 1.165) is 38.5 Å². The number of amides is 1. The molecule has 86 heavy (non-hydrogen) atoms. The standard InChI is InChI=1S/C80H159NO5/c1-3-5-7-9-11-13-15-17-18-19-20-40-43-46-49-52-56-60-64-68-72-78(83)77(76-82)81-79(84)73-69-65-61-57-53-50-47-44-41-38-36-34-32-30-28-26-24-22-21-23-25-27-29-31-33-35-37-39-42-45-48-51-55-59-63-67-71-75-86-80(85)74-70-66-62-58-54-16-14-12-10-8-6-4-2/h77-78,82-83H,3-76H2,1-2H3,(H,81,84). The maximum atomic E-state index is 12.6. The number of esters is 1. The maximum absolute atomic E-state index is 12.6. The van der Waals surface area contributed by atoms with Crippen LogP contribution in [-0.4, -0.2) is 47.4 Å². The molecule has 0 rings (SSSR count). The summed E-state index contributed by atoms with van der Waals surface area (Å²) >= 11 is 0. The van der Waals surface area contributed by atoms with Gasteiger partial charge in [0.05, 0.1) is 25.4 Å². The van der Waals surface area contributed by atoms with Crippen molar-refractivity contribution in [3.63, 3.8) is 0 Å². The molecular weight excluding hydrogens is 1050 g/mol. The Hall–Kier alpha value is -1.14.